The molecule has 1 aliphatic heterocycles. The van der Waals surface area contributed by atoms with Gasteiger partial charge in [-0.3, -0.25) is 15.2 Å². The number of hydroxylamine groups is 2. The summed E-state index contributed by atoms with van der Waals surface area (Å²) in [7, 11) is 0. The SMILES string of the molecule is CCOC(=O)[C@H]([C@H](C)Cc1ccnc(NC(=O)OC(C)OC(=O)C(C)C)c1)[NH+]([O-])C(N)=N[C@H](C)c1ccc2c(c1)OC(F)(F)O2. The molecule has 1 aromatic heterocycles. The lowest BCUT2D eigenvalue weighted by Crippen LogP contribution is -3.17. The lowest BCUT2D eigenvalue weighted by Gasteiger charge is -2.32. The Hall–Kier alpha value is -4.57. The molecule has 1 amide bonds. The number of nitrogens with two attached hydrogens (primary N) is 1. The van der Waals surface area contributed by atoms with Gasteiger partial charge in [0.2, 0.25) is 6.29 Å². The smallest absolute Gasteiger partial charge is 0.586 e. The number of rotatable bonds is 12. The van der Waals surface area contributed by atoms with Gasteiger partial charge in [-0.15, -0.1) is 8.78 Å². The molecule has 4 N–H and O–H groups in total. The van der Waals surface area contributed by atoms with Crippen molar-refractivity contribution in [3.05, 3.63) is 52.9 Å². The summed E-state index contributed by atoms with van der Waals surface area (Å²) in [6.07, 6.45) is -4.25. The number of halogens is 2. The summed E-state index contributed by atoms with van der Waals surface area (Å²) in [5, 5.41) is 15.1. The molecule has 1 aromatic carbocycles. The summed E-state index contributed by atoms with van der Waals surface area (Å²) in [6.45, 7) is 9.52. The highest BCUT2D eigenvalue weighted by atomic mass is 19.3. The summed E-state index contributed by atoms with van der Waals surface area (Å²) >= 11 is 0. The van der Waals surface area contributed by atoms with Gasteiger partial charge in [0.05, 0.1) is 18.6 Å². The molecule has 2 heterocycles. The number of quaternary nitrogens is 1. The van der Waals surface area contributed by atoms with Crippen LogP contribution in [0.3, 0.4) is 0 Å². The third kappa shape index (κ3) is 9.71. The van der Waals surface area contributed by atoms with Crippen molar-refractivity contribution in [3.8, 4) is 11.5 Å². The maximum atomic E-state index is 13.4. The van der Waals surface area contributed by atoms with E-state index in [0.717, 1.165) is 0 Å². The largest absolute Gasteiger partial charge is 0.626 e. The number of benzene rings is 1. The molecule has 3 rings (SSSR count). The van der Waals surface area contributed by atoms with Crippen molar-refractivity contribution in [2.24, 2.45) is 22.6 Å². The van der Waals surface area contributed by atoms with Crippen LogP contribution in [-0.4, -0.2) is 54.2 Å². The lowest BCUT2D eigenvalue weighted by molar-refractivity contribution is -0.776. The van der Waals surface area contributed by atoms with E-state index in [9.17, 15) is 28.4 Å². The summed E-state index contributed by atoms with van der Waals surface area (Å²) in [6, 6.07) is 5.14. The monoisotopic (exact) mass is 637 g/mol. The fourth-order valence-electron chi connectivity index (χ4n) is 4.33. The number of carbonyl (C=O) groups is 3. The van der Waals surface area contributed by atoms with Gasteiger partial charge in [0.25, 0.3) is 5.96 Å². The molecule has 0 fully saturated rings. The van der Waals surface area contributed by atoms with Crippen LogP contribution in [0.25, 0.3) is 0 Å². The van der Waals surface area contributed by atoms with E-state index >= 15 is 0 Å². The molecule has 2 unspecified atom stereocenters. The maximum absolute atomic E-state index is 13.4. The molecule has 2 aromatic rings. The third-order valence-electron chi connectivity index (χ3n) is 6.52. The van der Waals surface area contributed by atoms with Crippen LogP contribution in [0.5, 0.6) is 11.5 Å². The number of aromatic nitrogens is 1. The number of nitrogens with zero attached hydrogens (tertiary/aromatic N) is 2. The molecule has 246 valence electrons. The van der Waals surface area contributed by atoms with Crippen molar-refractivity contribution >= 4 is 29.8 Å². The van der Waals surface area contributed by atoms with Crippen molar-refractivity contribution in [3.63, 3.8) is 0 Å². The van der Waals surface area contributed by atoms with Gasteiger partial charge in [0, 0.05) is 19.0 Å². The van der Waals surface area contributed by atoms with E-state index in [4.69, 9.17) is 19.9 Å². The molecule has 45 heavy (non-hydrogen) atoms. The Labute approximate surface area is 258 Å². The first-order chi connectivity index (χ1) is 21.1. The van der Waals surface area contributed by atoms with Crippen molar-refractivity contribution < 1.29 is 51.9 Å². The minimum Gasteiger partial charge on any atom is -0.626 e. The summed E-state index contributed by atoms with van der Waals surface area (Å²) in [4.78, 5) is 45.2. The fourth-order valence-corrected chi connectivity index (χ4v) is 4.33. The fraction of sp³-hybridized carbons (Fsp3) is 0.483. The number of hydrogen-bond donors (Lipinski definition) is 3. The number of aliphatic imine (C=N–C) groups is 1. The van der Waals surface area contributed by atoms with Crippen LogP contribution >= 0.6 is 0 Å². The summed E-state index contributed by atoms with van der Waals surface area (Å²) in [5.74, 6) is -3.05. The molecule has 14 nitrogen and oxygen atoms in total. The van der Waals surface area contributed by atoms with Crippen LogP contribution in [0.15, 0.2) is 41.5 Å². The van der Waals surface area contributed by atoms with Crippen LogP contribution in [0.2, 0.25) is 0 Å². The number of guanidine groups is 1. The Bertz CT molecular complexity index is 1410. The molecular formula is C29H37F2N5O9. The van der Waals surface area contributed by atoms with Gasteiger partial charge in [-0.25, -0.2) is 19.6 Å². The molecule has 5 atom stereocenters. The second-order valence-electron chi connectivity index (χ2n) is 10.6. The highest BCUT2D eigenvalue weighted by molar-refractivity contribution is 5.83. The van der Waals surface area contributed by atoms with Crippen LogP contribution in [0, 0.1) is 17.0 Å². The number of ether oxygens (including phenoxy) is 5. The number of anilines is 1. The zero-order valence-electron chi connectivity index (χ0n) is 25.7. The average molecular weight is 638 g/mol. The second-order valence-corrected chi connectivity index (χ2v) is 10.6. The van der Waals surface area contributed by atoms with Crippen LogP contribution in [-0.2, 0) is 30.2 Å². The Balaban J connectivity index is 1.71. The molecule has 0 bridgehead atoms. The highest BCUT2D eigenvalue weighted by Gasteiger charge is 2.43. The number of amides is 1. The van der Waals surface area contributed by atoms with Gasteiger partial charge >= 0.3 is 24.3 Å². The van der Waals surface area contributed by atoms with Crippen molar-refractivity contribution in [2.45, 2.75) is 72.6 Å². The number of nitrogens with one attached hydrogen (secondary N) is 2. The van der Waals surface area contributed by atoms with E-state index in [2.05, 4.69) is 24.8 Å². The topological polar surface area (TPSA) is 188 Å². The van der Waals surface area contributed by atoms with Gasteiger partial charge in [-0.2, -0.15) is 0 Å². The number of alkyl halides is 2. The van der Waals surface area contributed by atoms with Gasteiger partial charge in [-0.1, -0.05) is 26.8 Å². The zero-order chi connectivity index (χ0) is 33.5. The molecular weight excluding hydrogens is 600 g/mol. The van der Waals surface area contributed by atoms with Gasteiger partial charge < -0.3 is 34.6 Å². The molecule has 0 spiro atoms. The van der Waals surface area contributed by atoms with Gasteiger partial charge in [0.15, 0.2) is 17.5 Å². The van der Waals surface area contributed by atoms with Crippen molar-refractivity contribution in [1.29, 1.82) is 0 Å². The minimum absolute atomic E-state index is 0.0148. The molecule has 0 radical (unpaired) electrons. The molecule has 0 aliphatic carbocycles. The normalized spacial score (nSPS) is 17.1. The summed E-state index contributed by atoms with van der Waals surface area (Å²) in [5.41, 5.74) is 7.07. The van der Waals surface area contributed by atoms with E-state index in [1.54, 1.807) is 40.7 Å². The predicted molar refractivity (Wildman–Crippen MR) is 155 cm³/mol. The minimum atomic E-state index is -3.79. The third-order valence-corrected chi connectivity index (χ3v) is 6.52. The van der Waals surface area contributed by atoms with Crippen LogP contribution < -0.4 is 25.6 Å². The van der Waals surface area contributed by atoms with E-state index in [0.29, 0.717) is 11.1 Å². The van der Waals surface area contributed by atoms with Crippen molar-refractivity contribution in [2.75, 3.05) is 11.9 Å². The number of esters is 2. The van der Waals surface area contributed by atoms with Crippen LogP contribution in [0.1, 0.15) is 58.7 Å². The number of hydrogen-bond acceptors (Lipinski definition) is 11. The van der Waals surface area contributed by atoms with E-state index in [1.165, 1.54) is 37.4 Å². The molecule has 16 heteroatoms. The van der Waals surface area contributed by atoms with E-state index in [-0.39, 0.29) is 30.3 Å². The van der Waals surface area contributed by atoms with Crippen LogP contribution in [0.4, 0.5) is 19.4 Å². The number of fused-ring (bicyclic) bond motifs is 1. The quantitative estimate of drug-likeness (QED) is 0.102. The Morgan fingerprint density at radius 3 is 2.42 bits per heavy atom. The Morgan fingerprint density at radius 1 is 1.07 bits per heavy atom. The molecule has 0 saturated carbocycles. The highest BCUT2D eigenvalue weighted by Crippen LogP contribution is 2.42. The first-order valence-corrected chi connectivity index (χ1v) is 14.2. The van der Waals surface area contributed by atoms with Gasteiger partial charge in [0.1, 0.15) is 5.82 Å². The lowest BCUT2D eigenvalue weighted by atomic mass is 9.94. The Kier molecular flexibility index (Phi) is 11.6. The van der Waals surface area contributed by atoms with Crippen molar-refractivity contribution in [1.82, 2.24) is 4.98 Å². The summed E-state index contributed by atoms with van der Waals surface area (Å²) < 4.78 is 50.9. The Morgan fingerprint density at radius 2 is 1.76 bits per heavy atom. The molecule has 1 aliphatic rings. The van der Waals surface area contributed by atoms with E-state index in [1.807, 2.05) is 0 Å². The molecule has 0 saturated heterocycles. The average Bonchev–Trinajstić information content (AvgIpc) is 3.25. The number of pyridine rings is 1. The standard InChI is InChI=1S/C29H37F2N5O9/c1-7-41-26(38)24(36(40)27(32)34-17(5)20-8-9-21-22(14-20)45-29(30,31)44-21)16(4)12-19-10-11-33-23(13-19)35-28(39)43-18(6)42-25(37)15(2)3/h8-11,13-18,24,36H,7,12H2,1-6H3,(H2,32,34)(H,33,35,39)/t16-,17-,18?,24+/m1/s1. The van der Waals surface area contributed by atoms with Gasteiger partial charge in [-0.05, 0) is 55.7 Å². The first-order valence-electron chi connectivity index (χ1n) is 14.2. The second kappa shape index (κ2) is 14.9. The first kappa shape index (κ1) is 34.9. The van der Waals surface area contributed by atoms with E-state index < -0.39 is 65.6 Å². The predicted octanol–water partition coefficient (Wildman–Crippen LogP) is 3.07. The zero-order valence-corrected chi connectivity index (χ0v) is 25.7. The number of carbonyl (C=O) groups excluding carboxylic acids is 3. The maximum Gasteiger partial charge on any atom is 0.586 e.